The van der Waals surface area contributed by atoms with Gasteiger partial charge in [-0.05, 0) is 30.5 Å². The minimum Gasteiger partial charge on any atom is -0.494 e. The molecule has 0 bridgehead atoms. The molecule has 0 amide bonds. The molecule has 106 valence electrons. The molecule has 0 radical (unpaired) electrons. The number of methoxy groups -OCH3 is 1. The standard InChI is InChI=1S/C14H19BrO4/c1-18-13(14(16)17)10-11-4-6-12(7-5-11)19-9-3-2-8-15/h4-7,13H,2-3,8-10H2,1H3,(H,16,17)/t13-/m0/s1. The summed E-state index contributed by atoms with van der Waals surface area (Å²) in [5.74, 6) is -0.139. The number of benzene rings is 1. The van der Waals surface area contributed by atoms with E-state index in [1.807, 2.05) is 24.3 Å². The summed E-state index contributed by atoms with van der Waals surface area (Å²) in [6, 6.07) is 7.46. The van der Waals surface area contributed by atoms with Crippen LogP contribution in [0.25, 0.3) is 0 Å². The van der Waals surface area contributed by atoms with Crippen molar-refractivity contribution in [2.45, 2.75) is 25.4 Å². The highest BCUT2D eigenvalue weighted by atomic mass is 79.9. The van der Waals surface area contributed by atoms with E-state index in [4.69, 9.17) is 14.6 Å². The van der Waals surface area contributed by atoms with E-state index in [1.165, 1.54) is 7.11 Å². The number of rotatable bonds is 9. The van der Waals surface area contributed by atoms with Crippen molar-refractivity contribution in [3.05, 3.63) is 29.8 Å². The van der Waals surface area contributed by atoms with E-state index in [2.05, 4.69) is 15.9 Å². The Bertz CT molecular complexity index is 378. The molecule has 0 fully saturated rings. The Morgan fingerprint density at radius 1 is 1.32 bits per heavy atom. The van der Waals surface area contributed by atoms with Gasteiger partial charge in [-0.2, -0.15) is 0 Å². The number of halogens is 1. The Hall–Kier alpha value is -1.07. The highest BCUT2D eigenvalue weighted by Crippen LogP contribution is 2.14. The molecule has 1 atom stereocenters. The smallest absolute Gasteiger partial charge is 0.333 e. The molecular formula is C14H19BrO4. The number of carboxylic acids is 1. The van der Waals surface area contributed by atoms with Gasteiger partial charge in [-0.3, -0.25) is 0 Å². The van der Waals surface area contributed by atoms with Gasteiger partial charge in [0, 0.05) is 18.9 Å². The molecule has 1 rings (SSSR count). The first kappa shape index (κ1) is 16.0. The van der Waals surface area contributed by atoms with Crippen molar-refractivity contribution in [3.8, 4) is 5.75 Å². The summed E-state index contributed by atoms with van der Waals surface area (Å²) in [5.41, 5.74) is 0.919. The van der Waals surface area contributed by atoms with E-state index >= 15 is 0 Å². The molecule has 0 saturated carbocycles. The van der Waals surface area contributed by atoms with Gasteiger partial charge in [-0.15, -0.1) is 0 Å². The highest BCUT2D eigenvalue weighted by molar-refractivity contribution is 9.09. The first-order valence-electron chi connectivity index (χ1n) is 6.20. The zero-order chi connectivity index (χ0) is 14.1. The van der Waals surface area contributed by atoms with Crippen molar-refractivity contribution in [1.82, 2.24) is 0 Å². The normalized spacial score (nSPS) is 12.1. The molecule has 0 aliphatic carbocycles. The summed E-state index contributed by atoms with van der Waals surface area (Å²) in [6.45, 7) is 0.695. The van der Waals surface area contributed by atoms with Crippen LogP contribution < -0.4 is 4.74 Å². The quantitative estimate of drug-likeness (QED) is 0.558. The molecule has 0 aliphatic rings. The van der Waals surface area contributed by atoms with Gasteiger partial charge in [0.05, 0.1) is 6.61 Å². The van der Waals surface area contributed by atoms with Gasteiger partial charge in [0.1, 0.15) is 5.75 Å². The van der Waals surface area contributed by atoms with Crippen LogP contribution in [0, 0.1) is 0 Å². The molecule has 0 spiro atoms. The lowest BCUT2D eigenvalue weighted by Gasteiger charge is -2.11. The average Bonchev–Trinajstić information content (AvgIpc) is 2.42. The van der Waals surface area contributed by atoms with Gasteiger partial charge < -0.3 is 14.6 Å². The number of carboxylic acid groups (broad SMARTS) is 1. The minimum atomic E-state index is -0.947. The number of alkyl halides is 1. The van der Waals surface area contributed by atoms with Crippen LogP contribution in [-0.2, 0) is 16.0 Å². The van der Waals surface area contributed by atoms with Crippen LogP contribution in [0.5, 0.6) is 5.75 Å². The molecule has 19 heavy (non-hydrogen) atoms. The summed E-state index contributed by atoms with van der Waals surface area (Å²) in [5, 5.41) is 9.89. The van der Waals surface area contributed by atoms with Crippen LogP contribution in [0.15, 0.2) is 24.3 Å². The Morgan fingerprint density at radius 2 is 2.00 bits per heavy atom. The Labute approximate surface area is 121 Å². The third-order valence-electron chi connectivity index (χ3n) is 2.70. The highest BCUT2D eigenvalue weighted by Gasteiger charge is 2.16. The maximum Gasteiger partial charge on any atom is 0.333 e. The van der Waals surface area contributed by atoms with Gasteiger partial charge in [0.15, 0.2) is 6.10 Å². The third kappa shape index (κ3) is 6.07. The molecule has 0 aromatic heterocycles. The Kier molecular flexibility index (Phi) is 7.52. The molecular weight excluding hydrogens is 312 g/mol. The van der Waals surface area contributed by atoms with Crippen molar-refractivity contribution in [3.63, 3.8) is 0 Å². The molecule has 1 aromatic rings. The van der Waals surface area contributed by atoms with Crippen LogP contribution >= 0.6 is 15.9 Å². The van der Waals surface area contributed by atoms with Crippen molar-refractivity contribution in [2.24, 2.45) is 0 Å². The zero-order valence-electron chi connectivity index (χ0n) is 11.0. The Balaban J connectivity index is 2.44. The van der Waals surface area contributed by atoms with Crippen LogP contribution in [0.2, 0.25) is 0 Å². The summed E-state index contributed by atoms with van der Waals surface area (Å²) >= 11 is 3.37. The number of unbranched alkanes of at least 4 members (excludes halogenated alkanes) is 1. The van der Waals surface area contributed by atoms with Gasteiger partial charge >= 0.3 is 5.97 Å². The fourth-order valence-electron chi connectivity index (χ4n) is 1.59. The van der Waals surface area contributed by atoms with Gasteiger partial charge in [0.2, 0.25) is 0 Å². The van der Waals surface area contributed by atoms with Gasteiger partial charge in [0.25, 0.3) is 0 Å². The summed E-state index contributed by atoms with van der Waals surface area (Å²) in [6.07, 6.45) is 1.66. The van der Waals surface area contributed by atoms with E-state index in [-0.39, 0.29) is 0 Å². The van der Waals surface area contributed by atoms with Crippen molar-refractivity contribution < 1.29 is 19.4 Å². The number of hydrogen-bond acceptors (Lipinski definition) is 3. The maximum absolute atomic E-state index is 10.9. The molecule has 0 heterocycles. The molecule has 0 saturated heterocycles. The lowest BCUT2D eigenvalue weighted by molar-refractivity contribution is -0.148. The van der Waals surface area contributed by atoms with Crippen LogP contribution in [0.3, 0.4) is 0 Å². The first-order chi connectivity index (χ1) is 9.17. The summed E-state index contributed by atoms with van der Waals surface area (Å²) in [7, 11) is 1.40. The topological polar surface area (TPSA) is 55.8 Å². The first-order valence-corrected chi connectivity index (χ1v) is 7.33. The second-order valence-electron chi connectivity index (χ2n) is 4.16. The minimum absolute atomic E-state index is 0.357. The predicted octanol–water partition coefficient (Wildman–Crippen LogP) is 2.88. The van der Waals surface area contributed by atoms with Crippen molar-refractivity contribution in [1.29, 1.82) is 0 Å². The molecule has 1 aromatic carbocycles. The van der Waals surface area contributed by atoms with E-state index in [0.717, 1.165) is 29.5 Å². The second-order valence-corrected chi connectivity index (χ2v) is 4.95. The zero-order valence-corrected chi connectivity index (χ0v) is 12.6. The Morgan fingerprint density at radius 3 is 2.53 bits per heavy atom. The van der Waals surface area contributed by atoms with E-state index in [0.29, 0.717) is 13.0 Å². The fraction of sp³-hybridized carbons (Fsp3) is 0.500. The van der Waals surface area contributed by atoms with E-state index in [1.54, 1.807) is 0 Å². The number of ether oxygens (including phenoxy) is 2. The SMILES string of the molecule is CO[C@@H](Cc1ccc(OCCCCBr)cc1)C(=O)O. The summed E-state index contributed by atoms with van der Waals surface area (Å²) < 4.78 is 10.5. The van der Waals surface area contributed by atoms with Gasteiger partial charge in [-0.1, -0.05) is 28.1 Å². The van der Waals surface area contributed by atoms with Crippen molar-refractivity contribution >= 4 is 21.9 Å². The largest absolute Gasteiger partial charge is 0.494 e. The molecule has 5 heteroatoms. The molecule has 1 N–H and O–H groups in total. The van der Waals surface area contributed by atoms with Gasteiger partial charge in [-0.25, -0.2) is 4.79 Å². The van der Waals surface area contributed by atoms with Crippen LogP contribution in [-0.4, -0.2) is 36.2 Å². The third-order valence-corrected chi connectivity index (χ3v) is 3.26. The molecule has 0 unspecified atom stereocenters. The summed E-state index contributed by atoms with van der Waals surface area (Å²) in [4.78, 5) is 10.9. The number of carbonyl (C=O) groups is 1. The molecule has 0 aliphatic heterocycles. The second kappa shape index (κ2) is 8.93. The lowest BCUT2D eigenvalue weighted by atomic mass is 10.1. The number of hydrogen-bond donors (Lipinski definition) is 1. The van der Waals surface area contributed by atoms with E-state index in [9.17, 15) is 4.79 Å². The van der Waals surface area contributed by atoms with E-state index < -0.39 is 12.1 Å². The number of aliphatic carboxylic acids is 1. The monoisotopic (exact) mass is 330 g/mol. The maximum atomic E-state index is 10.9. The van der Waals surface area contributed by atoms with Crippen LogP contribution in [0.1, 0.15) is 18.4 Å². The predicted molar refractivity (Wildman–Crippen MR) is 77.1 cm³/mol. The average molecular weight is 331 g/mol. The van der Waals surface area contributed by atoms with Crippen LogP contribution in [0.4, 0.5) is 0 Å². The lowest BCUT2D eigenvalue weighted by Crippen LogP contribution is -2.24. The molecule has 4 nitrogen and oxygen atoms in total. The fourth-order valence-corrected chi connectivity index (χ4v) is 1.99. The van der Waals surface area contributed by atoms with Crippen molar-refractivity contribution in [2.75, 3.05) is 19.0 Å².